The number of carbonyl (C=O) groups is 1. The highest BCUT2D eigenvalue weighted by Gasteiger charge is 2.11. The summed E-state index contributed by atoms with van der Waals surface area (Å²) in [6, 6.07) is 5.82. The molecule has 0 saturated carbocycles. The van der Waals surface area contributed by atoms with Crippen LogP contribution in [0.5, 0.6) is 5.88 Å². The Labute approximate surface area is 114 Å². The summed E-state index contributed by atoms with van der Waals surface area (Å²) in [5.41, 5.74) is 0.882. The fourth-order valence-corrected chi connectivity index (χ4v) is 1.66. The first-order valence-electron chi connectivity index (χ1n) is 5.78. The van der Waals surface area contributed by atoms with E-state index < -0.39 is 17.5 Å². The smallest absolute Gasteiger partial charge is 0.255 e. The van der Waals surface area contributed by atoms with Crippen LogP contribution in [-0.2, 0) is 0 Å². The molecule has 0 fully saturated rings. The molecule has 20 heavy (non-hydrogen) atoms. The zero-order valence-electron chi connectivity index (χ0n) is 10.9. The molecule has 2 rings (SSSR count). The summed E-state index contributed by atoms with van der Waals surface area (Å²) in [4.78, 5) is 16.0. The van der Waals surface area contributed by atoms with Crippen LogP contribution in [0.15, 0.2) is 30.3 Å². The average molecular weight is 278 g/mol. The maximum atomic E-state index is 13.1. The van der Waals surface area contributed by atoms with Crippen molar-refractivity contribution in [1.29, 1.82) is 0 Å². The van der Waals surface area contributed by atoms with Gasteiger partial charge in [0.1, 0.15) is 11.6 Å². The SMILES string of the molecule is COc1ccc(NC(=O)c2cc(F)cc(F)c2)c(C)n1. The molecular formula is C14H12F2N2O2. The number of methoxy groups -OCH3 is 1. The first-order chi connectivity index (χ1) is 9.49. The molecule has 104 valence electrons. The maximum absolute atomic E-state index is 13.1. The predicted octanol–water partition coefficient (Wildman–Crippen LogP) is 2.93. The number of aryl methyl sites for hydroxylation is 1. The monoisotopic (exact) mass is 278 g/mol. The number of nitrogens with one attached hydrogen (secondary N) is 1. The fraction of sp³-hybridized carbons (Fsp3) is 0.143. The maximum Gasteiger partial charge on any atom is 0.255 e. The number of hydrogen-bond donors (Lipinski definition) is 1. The zero-order valence-corrected chi connectivity index (χ0v) is 10.9. The van der Waals surface area contributed by atoms with Crippen LogP contribution in [0.1, 0.15) is 16.1 Å². The molecule has 0 spiro atoms. The lowest BCUT2D eigenvalue weighted by Gasteiger charge is -2.09. The van der Waals surface area contributed by atoms with E-state index in [1.807, 2.05) is 0 Å². The Morgan fingerprint density at radius 2 is 1.85 bits per heavy atom. The third-order valence-electron chi connectivity index (χ3n) is 2.64. The van der Waals surface area contributed by atoms with Gasteiger partial charge in [0.15, 0.2) is 0 Å². The number of anilines is 1. The number of pyridine rings is 1. The van der Waals surface area contributed by atoms with E-state index in [-0.39, 0.29) is 5.56 Å². The number of rotatable bonds is 3. The number of carbonyl (C=O) groups excluding carboxylic acids is 1. The molecular weight excluding hydrogens is 266 g/mol. The average Bonchev–Trinajstić information content (AvgIpc) is 2.39. The summed E-state index contributed by atoms with van der Waals surface area (Å²) in [7, 11) is 1.48. The largest absolute Gasteiger partial charge is 0.481 e. The van der Waals surface area contributed by atoms with E-state index >= 15 is 0 Å². The molecule has 0 unspecified atom stereocenters. The lowest BCUT2D eigenvalue weighted by atomic mass is 10.2. The van der Waals surface area contributed by atoms with Crippen LogP contribution in [-0.4, -0.2) is 18.0 Å². The lowest BCUT2D eigenvalue weighted by molar-refractivity contribution is 0.102. The normalized spacial score (nSPS) is 10.2. The van der Waals surface area contributed by atoms with Crippen LogP contribution < -0.4 is 10.1 Å². The standard InChI is InChI=1S/C14H12F2N2O2/c1-8-12(3-4-13(17-8)20-2)18-14(19)9-5-10(15)7-11(16)6-9/h3-7H,1-2H3,(H,18,19). The predicted molar refractivity (Wildman–Crippen MR) is 69.8 cm³/mol. The molecule has 0 radical (unpaired) electrons. The Morgan fingerprint density at radius 3 is 2.40 bits per heavy atom. The molecule has 0 atom stereocenters. The highest BCUT2D eigenvalue weighted by molar-refractivity contribution is 6.04. The van der Waals surface area contributed by atoms with Crippen molar-refractivity contribution in [3.8, 4) is 5.88 Å². The van der Waals surface area contributed by atoms with Crippen molar-refractivity contribution in [1.82, 2.24) is 4.98 Å². The molecule has 0 saturated heterocycles. The Hall–Kier alpha value is -2.50. The fourth-order valence-electron chi connectivity index (χ4n) is 1.66. The van der Waals surface area contributed by atoms with Crippen LogP contribution in [0.25, 0.3) is 0 Å². The van der Waals surface area contributed by atoms with Gasteiger partial charge in [-0.05, 0) is 25.1 Å². The van der Waals surface area contributed by atoms with E-state index in [2.05, 4.69) is 10.3 Å². The number of hydrogen-bond acceptors (Lipinski definition) is 3. The van der Waals surface area contributed by atoms with E-state index in [1.165, 1.54) is 7.11 Å². The van der Waals surface area contributed by atoms with Gasteiger partial charge in [-0.15, -0.1) is 0 Å². The van der Waals surface area contributed by atoms with Crippen molar-refractivity contribution in [3.05, 3.63) is 53.2 Å². The molecule has 1 aromatic heterocycles. The Balaban J connectivity index is 2.23. The molecule has 4 nitrogen and oxygen atoms in total. The van der Waals surface area contributed by atoms with Gasteiger partial charge in [-0.25, -0.2) is 13.8 Å². The van der Waals surface area contributed by atoms with Crippen LogP contribution >= 0.6 is 0 Å². The van der Waals surface area contributed by atoms with E-state index in [0.29, 0.717) is 23.3 Å². The van der Waals surface area contributed by atoms with Gasteiger partial charge in [0.05, 0.1) is 18.5 Å². The Bertz CT molecular complexity index is 639. The van der Waals surface area contributed by atoms with Crippen LogP contribution in [0.2, 0.25) is 0 Å². The minimum Gasteiger partial charge on any atom is -0.481 e. The minimum atomic E-state index is -0.806. The summed E-state index contributed by atoms with van der Waals surface area (Å²) in [6.07, 6.45) is 0. The van der Waals surface area contributed by atoms with Gasteiger partial charge >= 0.3 is 0 Å². The minimum absolute atomic E-state index is 0.0993. The number of aromatic nitrogens is 1. The third-order valence-corrected chi connectivity index (χ3v) is 2.64. The molecule has 0 aliphatic rings. The quantitative estimate of drug-likeness (QED) is 0.939. The molecule has 2 aromatic rings. The molecule has 1 N–H and O–H groups in total. The number of amides is 1. The lowest BCUT2D eigenvalue weighted by Crippen LogP contribution is -2.14. The van der Waals surface area contributed by atoms with Crippen molar-refractivity contribution in [3.63, 3.8) is 0 Å². The van der Waals surface area contributed by atoms with Gasteiger partial charge in [-0.1, -0.05) is 0 Å². The van der Waals surface area contributed by atoms with Gasteiger partial charge in [-0.2, -0.15) is 0 Å². The number of benzene rings is 1. The first-order valence-corrected chi connectivity index (χ1v) is 5.78. The van der Waals surface area contributed by atoms with Crippen molar-refractivity contribution in [2.45, 2.75) is 6.92 Å². The number of nitrogens with zero attached hydrogens (tertiary/aromatic N) is 1. The highest BCUT2D eigenvalue weighted by Crippen LogP contribution is 2.18. The second-order valence-corrected chi connectivity index (χ2v) is 4.10. The number of halogens is 2. The summed E-state index contributed by atoms with van der Waals surface area (Å²) in [5.74, 6) is -1.81. The second kappa shape index (κ2) is 5.64. The van der Waals surface area contributed by atoms with Gasteiger partial charge in [-0.3, -0.25) is 4.79 Å². The second-order valence-electron chi connectivity index (χ2n) is 4.10. The van der Waals surface area contributed by atoms with Crippen molar-refractivity contribution >= 4 is 11.6 Å². The Morgan fingerprint density at radius 1 is 1.20 bits per heavy atom. The van der Waals surface area contributed by atoms with Crippen LogP contribution in [0.4, 0.5) is 14.5 Å². The Kier molecular flexibility index (Phi) is 3.93. The topological polar surface area (TPSA) is 51.2 Å². The van der Waals surface area contributed by atoms with Gasteiger partial charge in [0.2, 0.25) is 5.88 Å². The molecule has 0 aliphatic carbocycles. The van der Waals surface area contributed by atoms with Crippen LogP contribution in [0.3, 0.4) is 0 Å². The van der Waals surface area contributed by atoms with Crippen molar-refractivity contribution < 1.29 is 18.3 Å². The highest BCUT2D eigenvalue weighted by atomic mass is 19.1. The molecule has 0 aliphatic heterocycles. The van der Waals surface area contributed by atoms with Gasteiger partial charge in [0.25, 0.3) is 5.91 Å². The first kappa shape index (κ1) is 13.9. The third kappa shape index (κ3) is 3.09. The van der Waals surface area contributed by atoms with Gasteiger partial charge < -0.3 is 10.1 Å². The zero-order chi connectivity index (χ0) is 14.7. The van der Waals surface area contributed by atoms with Crippen molar-refractivity contribution in [2.24, 2.45) is 0 Å². The summed E-state index contributed by atoms with van der Waals surface area (Å²) in [5, 5.41) is 2.54. The number of ether oxygens (including phenoxy) is 1. The van der Waals surface area contributed by atoms with E-state index in [9.17, 15) is 13.6 Å². The summed E-state index contributed by atoms with van der Waals surface area (Å²) < 4.78 is 31.1. The summed E-state index contributed by atoms with van der Waals surface area (Å²) >= 11 is 0. The molecule has 1 aromatic carbocycles. The summed E-state index contributed by atoms with van der Waals surface area (Å²) in [6.45, 7) is 1.68. The van der Waals surface area contributed by atoms with E-state index in [4.69, 9.17) is 4.74 Å². The van der Waals surface area contributed by atoms with Gasteiger partial charge in [0, 0.05) is 17.7 Å². The van der Waals surface area contributed by atoms with E-state index in [1.54, 1.807) is 19.1 Å². The molecule has 1 heterocycles. The van der Waals surface area contributed by atoms with E-state index in [0.717, 1.165) is 12.1 Å². The van der Waals surface area contributed by atoms with Crippen LogP contribution in [0, 0.1) is 18.6 Å². The van der Waals surface area contributed by atoms with Crippen molar-refractivity contribution in [2.75, 3.05) is 12.4 Å². The molecule has 6 heteroatoms. The molecule has 0 bridgehead atoms. The molecule has 1 amide bonds.